The van der Waals surface area contributed by atoms with Gasteiger partial charge < -0.3 is 10.0 Å². The lowest BCUT2D eigenvalue weighted by molar-refractivity contribution is -0.699. The summed E-state index contributed by atoms with van der Waals surface area (Å²) in [6.45, 7) is 0. The van der Waals surface area contributed by atoms with Gasteiger partial charge in [0.25, 0.3) is 0 Å². The summed E-state index contributed by atoms with van der Waals surface area (Å²) >= 11 is 0. The standard InChI is InChI=1S/C3H9N3O2/c1-5(2)6(7)4-8-3/h1-3H3/b6-4-. The average Bonchev–Trinajstić information content (AvgIpc) is 1.67. The predicted molar refractivity (Wildman–Crippen MR) is 26.8 cm³/mol. The Morgan fingerprint density at radius 1 is 1.62 bits per heavy atom. The first kappa shape index (κ1) is 7.00. The molecule has 0 N–H and O–H groups in total. The first-order valence-corrected chi connectivity index (χ1v) is 2.07. The van der Waals surface area contributed by atoms with E-state index in [1.54, 1.807) is 14.1 Å². The topological polar surface area (TPSA) is 50.9 Å². The van der Waals surface area contributed by atoms with Crippen LogP contribution in [-0.2, 0) is 4.84 Å². The Morgan fingerprint density at radius 2 is 2.12 bits per heavy atom. The second-order valence-corrected chi connectivity index (χ2v) is 1.36. The van der Waals surface area contributed by atoms with Gasteiger partial charge in [-0.05, 0) is 0 Å². The van der Waals surface area contributed by atoms with Crippen LogP contribution in [0.3, 0.4) is 0 Å². The fraction of sp³-hybridized carbons (Fsp3) is 1.00. The Balaban J connectivity index is 3.61. The van der Waals surface area contributed by atoms with Crippen molar-refractivity contribution in [1.82, 2.24) is 5.01 Å². The van der Waals surface area contributed by atoms with Crippen molar-refractivity contribution >= 4 is 0 Å². The van der Waals surface area contributed by atoms with Crippen molar-refractivity contribution in [3.05, 3.63) is 5.21 Å². The summed E-state index contributed by atoms with van der Waals surface area (Å²) in [7, 11) is 4.44. The van der Waals surface area contributed by atoms with Gasteiger partial charge in [0, 0.05) is 0 Å². The van der Waals surface area contributed by atoms with Gasteiger partial charge in [0.2, 0.25) is 5.28 Å². The van der Waals surface area contributed by atoms with Gasteiger partial charge >= 0.3 is 0 Å². The minimum atomic E-state index is 0.333. The molecule has 0 aromatic heterocycles. The fourth-order valence-electron chi connectivity index (χ4n) is 0.143. The zero-order valence-corrected chi connectivity index (χ0v) is 5.16. The molecule has 48 valence electrons. The van der Waals surface area contributed by atoms with Crippen LogP contribution in [0.2, 0.25) is 0 Å². The Bertz CT molecular complexity index is 90.5. The Labute approximate surface area is 47.7 Å². The van der Waals surface area contributed by atoms with Gasteiger partial charge in [-0.3, -0.25) is 0 Å². The molecule has 0 aliphatic heterocycles. The highest BCUT2D eigenvalue weighted by atomic mass is 16.7. The third-order valence-corrected chi connectivity index (χ3v) is 0.494. The van der Waals surface area contributed by atoms with Crippen LogP contribution in [0.15, 0.2) is 5.28 Å². The van der Waals surface area contributed by atoms with Crippen LogP contribution in [0.1, 0.15) is 0 Å². The summed E-state index contributed by atoms with van der Waals surface area (Å²) in [6, 6.07) is 0. The summed E-state index contributed by atoms with van der Waals surface area (Å²) in [4.78, 5) is 4.50. The van der Waals surface area contributed by atoms with Gasteiger partial charge in [0.05, 0.1) is 19.1 Å². The number of nitrogens with zero attached hydrogens (tertiary/aromatic N) is 3. The number of hydrogen-bond acceptors (Lipinski definition) is 3. The van der Waals surface area contributed by atoms with Crippen molar-refractivity contribution in [3.63, 3.8) is 0 Å². The average molecular weight is 119 g/mol. The van der Waals surface area contributed by atoms with E-state index in [1.807, 2.05) is 0 Å². The van der Waals surface area contributed by atoms with Gasteiger partial charge in [-0.2, -0.15) is 5.01 Å². The van der Waals surface area contributed by atoms with Crippen molar-refractivity contribution in [1.29, 1.82) is 0 Å². The van der Waals surface area contributed by atoms with E-state index < -0.39 is 0 Å². The van der Waals surface area contributed by atoms with Crippen LogP contribution in [-0.4, -0.2) is 31.2 Å². The van der Waals surface area contributed by atoms with E-state index in [2.05, 4.69) is 10.1 Å². The zero-order chi connectivity index (χ0) is 6.57. The SMILES string of the molecule is CO/N=[N+](\[O-])N(C)C. The Hall–Kier alpha value is -1.00. The van der Waals surface area contributed by atoms with E-state index in [-0.39, 0.29) is 0 Å². The highest BCUT2D eigenvalue weighted by Crippen LogP contribution is 1.77. The van der Waals surface area contributed by atoms with E-state index in [0.29, 0.717) is 4.97 Å². The molecule has 0 bridgehead atoms. The second kappa shape index (κ2) is 3.06. The van der Waals surface area contributed by atoms with Gasteiger partial charge in [0.15, 0.2) is 0 Å². The van der Waals surface area contributed by atoms with Crippen LogP contribution in [0.25, 0.3) is 0 Å². The quantitative estimate of drug-likeness (QED) is 0.292. The van der Waals surface area contributed by atoms with E-state index in [1.165, 1.54) is 12.1 Å². The smallest absolute Gasteiger partial charge is 0.232 e. The molecule has 5 heteroatoms. The summed E-state index contributed by atoms with van der Waals surface area (Å²) in [5, 5.41) is 14.6. The monoisotopic (exact) mass is 119 g/mol. The maximum absolute atomic E-state index is 10.3. The van der Waals surface area contributed by atoms with Crippen molar-refractivity contribution < 1.29 is 9.81 Å². The molecule has 0 aliphatic rings. The largest absolute Gasteiger partial charge is 0.569 e. The molecule has 0 aliphatic carbocycles. The Kier molecular flexibility index (Phi) is 2.68. The van der Waals surface area contributed by atoms with Crippen molar-refractivity contribution in [3.8, 4) is 0 Å². The molecule has 0 aromatic carbocycles. The van der Waals surface area contributed by atoms with Crippen molar-refractivity contribution in [2.24, 2.45) is 5.28 Å². The molecule has 0 amide bonds. The van der Waals surface area contributed by atoms with Crippen LogP contribution in [0, 0.1) is 5.21 Å². The molecule has 0 aromatic rings. The molecule has 0 rings (SSSR count). The van der Waals surface area contributed by atoms with E-state index in [0.717, 1.165) is 0 Å². The van der Waals surface area contributed by atoms with Crippen LogP contribution < -0.4 is 0 Å². The normalized spacial score (nSPS) is 11.1. The molecule has 0 spiro atoms. The van der Waals surface area contributed by atoms with Crippen LogP contribution in [0.5, 0.6) is 0 Å². The van der Waals surface area contributed by atoms with Crippen LogP contribution in [0.4, 0.5) is 0 Å². The first-order valence-electron chi connectivity index (χ1n) is 2.07. The summed E-state index contributed by atoms with van der Waals surface area (Å²) in [5.74, 6) is 0. The van der Waals surface area contributed by atoms with E-state index in [9.17, 15) is 5.21 Å². The molecule has 0 unspecified atom stereocenters. The Morgan fingerprint density at radius 3 is 2.25 bits per heavy atom. The molecule has 0 saturated carbocycles. The molecular weight excluding hydrogens is 110 g/mol. The fourth-order valence-corrected chi connectivity index (χ4v) is 0.143. The highest BCUT2D eigenvalue weighted by molar-refractivity contribution is 4.01. The van der Waals surface area contributed by atoms with Crippen molar-refractivity contribution in [2.75, 3.05) is 21.2 Å². The minimum Gasteiger partial charge on any atom is -0.569 e. The number of hydrogen-bond donors (Lipinski definition) is 0. The lowest BCUT2D eigenvalue weighted by Crippen LogP contribution is -2.20. The third kappa shape index (κ3) is 2.22. The van der Waals surface area contributed by atoms with Gasteiger partial charge in [-0.15, -0.1) is 0 Å². The molecule has 0 heterocycles. The van der Waals surface area contributed by atoms with Gasteiger partial charge in [-0.1, -0.05) is 0 Å². The van der Waals surface area contributed by atoms with E-state index in [4.69, 9.17) is 0 Å². The number of hydrazine groups is 1. The molecular formula is C3H9N3O2. The molecule has 5 nitrogen and oxygen atoms in total. The van der Waals surface area contributed by atoms with E-state index >= 15 is 0 Å². The van der Waals surface area contributed by atoms with Gasteiger partial charge in [0.1, 0.15) is 7.11 Å². The van der Waals surface area contributed by atoms with Gasteiger partial charge in [-0.25, -0.2) is 0 Å². The van der Waals surface area contributed by atoms with Crippen molar-refractivity contribution in [2.45, 2.75) is 0 Å². The lowest BCUT2D eigenvalue weighted by Gasteiger charge is -2.03. The molecule has 0 radical (unpaired) electrons. The summed E-state index contributed by atoms with van der Waals surface area (Å²) in [6.07, 6.45) is 0. The first-order chi connectivity index (χ1) is 3.68. The zero-order valence-electron chi connectivity index (χ0n) is 5.16. The number of rotatable bonds is 2. The lowest BCUT2D eigenvalue weighted by atomic mass is 11.2. The maximum Gasteiger partial charge on any atom is 0.232 e. The highest BCUT2D eigenvalue weighted by Gasteiger charge is 1.93. The maximum atomic E-state index is 10.3. The summed E-state index contributed by atoms with van der Waals surface area (Å²) < 4.78 is 0. The molecule has 0 atom stereocenters. The minimum absolute atomic E-state index is 0.333. The predicted octanol–water partition coefficient (Wildman–Crippen LogP) is -0.0131. The third-order valence-electron chi connectivity index (χ3n) is 0.494. The molecule has 0 fully saturated rings. The molecule has 0 saturated heterocycles. The summed E-state index contributed by atoms with van der Waals surface area (Å²) in [5.41, 5.74) is 0. The second-order valence-electron chi connectivity index (χ2n) is 1.36. The molecule has 8 heavy (non-hydrogen) atoms. The van der Waals surface area contributed by atoms with Crippen LogP contribution >= 0.6 is 0 Å².